The smallest absolute Gasteiger partial charge is 0.408 e. The molecule has 0 aliphatic heterocycles. The molecule has 0 aliphatic rings. The number of rotatable bonds is 9. The van der Waals surface area contributed by atoms with Gasteiger partial charge in [0.15, 0.2) is 0 Å². The number of carboxylic acids is 1. The van der Waals surface area contributed by atoms with Crippen molar-refractivity contribution >= 4 is 18.0 Å². The summed E-state index contributed by atoms with van der Waals surface area (Å²) in [7, 11) is 0. The monoisotopic (exact) mass is 412 g/mol. The quantitative estimate of drug-likeness (QED) is 0.587. The van der Waals surface area contributed by atoms with Crippen molar-refractivity contribution in [2.75, 3.05) is 0 Å². The fraction of sp³-hybridized carbons (Fsp3) is 0.348. The van der Waals surface area contributed by atoms with Crippen molar-refractivity contribution < 1.29 is 24.2 Å². The minimum Gasteiger partial charge on any atom is -0.480 e. The second-order valence-corrected chi connectivity index (χ2v) is 7.52. The molecule has 160 valence electrons. The van der Waals surface area contributed by atoms with Crippen LogP contribution in [0.1, 0.15) is 30.5 Å². The molecule has 2 aromatic carbocycles. The molecule has 0 heterocycles. The molecule has 7 heteroatoms. The maximum Gasteiger partial charge on any atom is 0.408 e. The zero-order valence-electron chi connectivity index (χ0n) is 17.4. The number of ether oxygens (including phenoxy) is 1. The van der Waals surface area contributed by atoms with E-state index in [-0.39, 0.29) is 18.9 Å². The topological polar surface area (TPSA) is 105 Å². The summed E-state index contributed by atoms with van der Waals surface area (Å²) in [5.74, 6) is -1.97. The lowest BCUT2D eigenvalue weighted by Crippen LogP contribution is -2.54. The first kappa shape index (κ1) is 22.9. The SMILES string of the molecule is Cc1cccc(C[C@H](NC(=O)[C@@H](NC(=O)OCc2ccccc2)C(C)C)C(=O)O)c1. The van der Waals surface area contributed by atoms with Crippen LogP contribution in [0.25, 0.3) is 0 Å². The van der Waals surface area contributed by atoms with Gasteiger partial charge in [-0.2, -0.15) is 0 Å². The van der Waals surface area contributed by atoms with E-state index in [1.807, 2.05) is 61.5 Å². The number of aliphatic carboxylic acids is 1. The molecule has 0 aliphatic carbocycles. The maximum absolute atomic E-state index is 12.7. The molecule has 30 heavy (non-hydrogen) atoms. The Hall–Kier alpha value is -3.35. The second kappa shape index (κ2) is 11.0. The molecule has 0 aromatic heterocycles. The van der Waals surface area contributed by atoms with Gasteiger partial charge in [0.2, 0.25) is 5.91 Å². The van der Waals surface area contributed by atoms with E-state index in [1.165, 1.54) is 0 Å². The van der Waals surface area contributed by atoms with Gasteiger partial charge >= 0.3 is 12.1 Å². The number of carboxylic acid groups (broad SMARTS) is 1. The van der Waals surface area contributed by atoms with Crippen LogP contribution in [0.5, 0.6) is 0 Å². The second-order valence-electron chi connectivity index (χ2n) is 7.52. The highest BCUT2D eigenvalue weighted by molar-refractivity contribution is 5.89. The van der Waals surface area contributed by atoms with Crippen LogP contribution in [-0.4, -0.2) is 35.2 Å². The third-order valence-corrected chi connectivity index (χ3v) is 4.57. The van der Waals surface area contributed by atoms with Gasteiger partial charge in [0.1, 0.15) is 18.7 Å². The van der Waals surface area contributed by atoms with Gasteiger partial charge in [0.25, 0.3) is 0 Å². The van der Waals surface area contributed by atoms with Gasteiger partial charge in [-0.1, -0.05) is 74.0 Å². The fourth-order valence-corrected chi connectivity index (χ4v) is 2.96. The van der Waals surface area contributed by atoms with Crippen molar-refractivity contribution in [3.05, 3.63) is 71.3 Å². The summed E-state index contributed by atoms with van der Waals surface area (Å²) >= 11 is 0. The van der Waals surface area contributed by atoms with E-state index in [2.05, 4.69) is 10.6 Å². The van der Waals surface area contributed by atoms with Crippen molar-refractivity contribution in [3.8, 4) is 0 Å². The minimum absolute atomic E-state index is 0.0736. The van der Waals surface area contributed by atoms with Gasteiger partial charge in [0, 0.05) is 6.42 Å². The van der Waals surface area contributed by atoms with E-state index in [9.17, 15) is 19.5 Å². The first-order valence-electron chi connectivity index (χ1n) is 9.82. The zero-order chi connectivity index (χ0) is 22.1. The third-order valence-electron chi connectivity index (χ3n) is 4.57. The average molecular weight is 412 g/mol. The normalized spacial score (nSPS) is 12.7. The van der Waals surface area contributed by atoms with E-state index in [0.29, 0.717) is 0 Å². The van der Waals surface area contributed by atoms with Crippen LogP contribution in [0.3, 0.4) is 0 Å². The van der Waals surface area contributed by atoms with Crippen molar-refractivity contribution in [3.63, 3.8) is 0 Å². The van der Waals surface area contributed by atoms with Crippen LogP contribution in [0, 0.1) is 12.8 Å². The number of carbonyl (C=O) groups is 3. The number of aryl methyl sites for hydroxylation is 1. The summed E-state index contributed by atoms with van der Waals surface area (Å²) in [4.78, 5) is 36.5. The van der Waals surface area contributed by atoms with E-state index in [4.69, 9.17) is 4.74 Å². The molecule has 2 rings (SSSR count). The highest BCUT2D eigenvalue weighted by Crippen LogP contribution is 2.09. The molecule has 7 nitrogen and oxygen atoms in total. The molecule has 0 unspecified atom stereocenters. The number of nitrogens with one attached hydrogen (secondary N) is 2. The molecule has 0 radical (unpaired) electrons. The Morgan fingerprint density at radius 3 is 2.23 bits per heavy atom. The van der Waals surface area contributed by atoms with Crippen LogP contribution in [0.15, 0.2) is 54.6 Å². The molecule has 2 amide bonds. The number of alkyl carbamates (subject to hydrolysis) is 1. The standard InChI is InChI=1S/C23H28N2O5/c1-15(2)20(25-23(29)30-14-17-9-5-4-6-10-17)21(26)24-19(22(27)28)13-18-11-7-8-16(3)12-18/h4-12,15,19-20H,13-14H2,1-3H3,(H,24,26)(H,25,29)(H,27,28)/t19-,20-/m0/s1. The van der Waals surface area contributed by atoms with Crippen LogP contribution < -0.4 is 10.6 Å². The Labute approximate surface area is 176 Å². The fourth-order valence-electron chi connectivity index (χ4n) is 2.96. The van der Waals surface area contributed by atoms with E-state index in [0.717, 1.165) is 16.7 Å². The highest BCUT2D eigenvalue weighted by Gasteiger charge is 2.29. The Morgan fingerprint density at radius 2 is 1.63 bits per heavy atom. The summed E-state index contributed by atoms with van der Waals surface area (Å²) < 4.78 is 5.17. The third kappa shape index (κ3) is 7.24. The first-order valence-corrected chi connectivity index (χ1v) is 9.82. The molecule has 0 fully saturated rings. The zero-order valence-corrected chi connectivity index (χ0v) is 17.4. The van der Waals surface area contributed by atoms with Crippen molar-refractivity contribution in [1.29, 1.82) is 0 Å². The van der Waals surface area contributed by atoms with Crippen LogP contribution in [0.4, 0.5) is 4.79 Å². The van der Waals surface area contributed by atoms with Crippen molar-refractivity contribution in [2.45, 2.75) is 45.9 Å². The molecular formula is C23H28N2O5. The molecule has 0 saturated heterocycles. The van der Waals surface area contributed by atoms with Crippen LogP contribution in [0.2, 0.25) is 0 Å². The molecule has 0 saturated carbocycles. The number of benzene rings is 2. The summed E-state index contributed by atoms with van der Waals surface area (Å²) in [6, 6.07) is 14.6. The van der Waals surface area contributed by atoms with Crippen molar-refractivity contribution in [2.24, 2.45) is 5.92 Å². The Kier molecular flexibility index (Phi) is 8.41. The molecular weight excluding hydrogens is 384 g/mol. The predicted octanol–water partition coefficient (Wildman–Crippen LogP) is 3.06. The molecule has 0 bridgehead atoms. The molecule has 3 N–H and O–H groups in total. The molecule has 0 spiro atoms. The Balaban J connectivity index is 1.98. The van der Waals surface area contributed by atoms with Crippen LogP contribution in [-0.2, 0) is 27.4 Å². The largest absolute Gasteiger partial charge is 0.480 e. The Bertz CT molecular complexity index is 867. The van der Waals surface area contributed by atoms with Gasteiger partial charge in [0.05, 0.1) is 0 Å². The van der Waals surface area contributed by atoms with E-state index >= 15 is 0 Å². The lowest BCUT2D eigenvalue weighted by Gasteiger charge is -2.24. The van der Waals surface area contributed by atoms with Gasteiger partial charge in [-0.05, 0) is 24.0 Å². The Morgan fingerprint density at radius 1 is 0.967 bits per heavy atom. The molecule has 2 atom stereocenters. The summed E-state index contributed by atoms with van der Waals surface area (Å²) in [5, 5.41) is 14.6. The van der Waals surface area contributed by atoms with Crippen molar-refractivity contribution in [1.82, 2.24) is 10.6 Å². The van der Waals surface area contributed by atoms with Gasteiger partial charge in [-0.25, -0.2) is 9.59 Å². The van der Waals surface area contributed by atoms with Gasteiger partial charge < -0.3 is 20.5 Å². The van der Waals surface area contributed by atoms with E-state index < -0.39 is 30.1 Å². The van der Waals surface area contributed by atoms with Gasteiger partial charge in [-0.15, -0.1) is 0 Å². The average Bonchev–Trinajstić information content (AvgIpc) is 2.70. The number of hydrogen-bond donors (Lipinski definition) is 3. The molecule has 2 aromatic rings. The maximum atomic E-state index is 12.7. The summed E-state index contributed by atoms with van der Waals surface area (Å²) in [6.45, 7) is 5.51. The first-order chi connectivity index (χ1) is 14.3. The number of hydrogen-bond acceptors (Lipinski definition) is 4. The highest BCUT2D eigenvalue weighted by atomic mass is 16.5. The van der Waals surface area contributed by atoms with Crippen LogP contribution >= 0.6 is 0 Å². The lowest BCUT2D eigenvalue weighted by atomic mass is 10.0. The predicted molar refractivity (Wildman–Crippen MR) is 113 cm³/mol. The number of carbonyl (C=O) groups excluding carboxylic acids is 2. The minimum atomic E-state index is -1.14. The van der Waals surface area contributed by atoms with Gasteiger partial charge in [-0.3, -0.25) is 4.79 Å². The summed E-state index contributed by atoms with van der Waals surface area (Å²) in [6.07, 6.45) is -0.593. The lowest BCUT2D eigenvalue weighted by molar-refractivity contribution is -0.142. The number of amides is 2. The summed E-state index contributed by atoms with van der Waals surface area (Å²) in [5.41, 5.74) is 2.63. The van der Waals surface area contributed by atoms with E-state index in [1.54, 1.807) is 13.8 Å².